The molecule has 1 rings (SSSR count). The van der Waals surface area contributed by atoms with Crippen molar-refractivity contribution in [2.45, 2.75) is 63.9 Å². The average Bonchev–Trinajstić information content (AvgIpc) is 3.21. The van der Waals surface area contributed by atoms with Crippen LogP contribution < -0.4 is 21.7 Å². The van der Waals surface area contributed by atoms with Gasteiger partial charge in [0.15, 0.2) is 6.04 Å². The highest BCUT2D eigenvalue weighted by atomic mass is 16.4. The molecule has 1 aromatic heterocycles. The van der Waals surface area contributed by atoms with Crippen LogP contribution in [-0.4, -0.2) is 85.9 Å². The number of aliphatic hydroxyl groups excluding tert-OH is 2. The minimum absolute atomic E-state index is 0.0112. The summed E-state index contributed by atoms with van der Waals surface area (Å²) in [6.07, 6.45) is 1.95. The molecule has 13 heteroatoms. The Bertz CT molecular complexity index is 768. The Morgan fingerprint density at radius 1 is 1.06 bits per heavy atom. The average molecular weight is 457 g/mol. The zero-order valence-corrected chi connectivity index (χ0v) is 18.2. The number of amides is 3. The zero-order chi connectivity index (χ0) is 24.4. The number of carboxylic acids is 1. The van der Waals surface area contributed by atoms with E-state index in [0.29, 0.717) is 5.69 Å². The van der Waals surface area contributed by atoms with Crippen LogP contribution in [0, 0.1) is 5.92 Å². The summed E-state index contributed by atoms with van der Waals surface area (Å²) in [5, 5.41) is 35.0. The number of aromatic amines is 1. The number of carboxylic acid groups (broad SMARTS) is 1. The van der Waals surface area contributed by atoms with E-state index < -0.39 is 60.6 Å². The van der Waals surface area contributed by atoms with Gasteiger partial charge in [0.1, 0.15) is 12.1 Å². The van der Waals surface area contributed by atoms with Crippen molar-refractivity contribution in [3.8, 4) is 0 Å². The zero-order valence-electron chi connectivity index (χ0n) is 18.2. The first-order valence-corrected chi connectivity index (χ1v) is 10.1. The van der Waals surface area contributed by atoms with Crippen molar-refractivity contribution in [2.75, 3.05) is 6.61 Å². The summed E-state index contributed by atoms with van der Waals surface area (Å²) in [5.41, 5.74) is 6.54. The largest absolute Gasteiger partial charge is 0.480 e. The summed E-state index contributed by atoms with van der Waals surface area (Å²) in [5.74, 6) is -3.83. The first-order chi connectivity index (χ1) is 15.0. The summed E-state index contributed by atoms with van der Waals surface area (Å²) >= 11 is 0. The van der Waals surface area contributed by atoms with E-state index >= 15 is 0 Å². The molecule has 0 fully saturated rings. The maximum absolute atomic E-state index is 12.7. The number of aromatic nitrogens is 2. The van der Waals surface area contributed by atoms with Gasteiger partial charge in [-0.2, -0.15) is 0 Å². The molecule has 0 aromatic carbocycles. The first kappa shape index (κ1) is 27.0. The van der Waals surface area contributed by atoms with Gasteiger partial charge in [0.05, 0.1) is 25.1 Å². The number of carbonyl (C=O) groups excluding carboxylic acids is 3. The van der Waals surface area contributed by atoms with Gasteiger partial charge in [0.25, 0.3) is 0 Å². The molecule has 5 unspecified atom stereocenters. The molecule has 0 radical (unpaired) electrons. The van der Waals surface area contributed by atoms with Crippen molar-refractivity contribution >= 4 is 23.7 Å². The van der Waals surface area contributed by atoms with Gasteiger partial charge < -0.3 is 42.0 Å². The highest BCUT2D eigenvalue weighted by molar-refractivity contribution is 5.94. The number of carbonyl (C=O) groups is 4. The van der Waals surface area contributed by atoms with Crippen molar-refractivity contribution in [1.82, 2.24) is 25.9 Å². The molecule has 13 nitrogen and oxygen atoms in total. The third kappa shape index (κ3) is 8.61. The van der Waals surface area contributed by atoms with Crippen LogP contribution in [0.25, 0.3) is 0 Å². The maximum atomic E-state index is 12.7. The number of nitrogens with zero attached hydrogens (tertiary/aromatic N) is 1. The van der Waals surface area contributed by atoms with Gasteiger partial charge in [-0.3, -0.25) is 14.4 Å². The monoisotopic (exact) mass is 456 g/mol. The number of imidazole rings is 1. The van der Waals surface area contributed by atoms with Gasteiger partial charge in [-0.15, -0.1) is 0 Å². The number of nitrogens with two attached hydrogens (primary N) is 1. The molecule has 0 aliphatic rings. The topological polar surface area (TPSA) is 220 Å². The molecule has 0 aliphatic carbocycles. The van der Waals surface area contributed by atoms with Crippen LogP contribution in [0.2, 0.25) is 0 Å². The lowest BCUT2D eigenvalue weighted by molar-refractivity contribution is -0.145. The minimum Gasteiger partial charge on any atom is -0.480 e. The second kappa shape index (κ2) is 12.7. The smallest absolute Gasteiger partial charge is 0.328 e. The maximum Gasteiger partial charge on any atom is 0.328 e. The molecular weight excluding hydrogens is 424 g/mol. The minimum atomic E-state index is -1.62. The Morgan fingerprint density at radius 2 is 1.66 bits per heavy atom. The van der Waals surface area contributed by atoms with E-state index in [2.05, 4.69) is 25.9 Å². The Kier molecular flexibility index (Phi) is 10.7. The normalized spacial score (nSPS) is 15.8. The van der Waals surface area contributed by atoms with Gasteiger partial charge in [0.2, 0.25) is 17.7 Å². The molecule has 0 aliphatic heterocycles. The van der Waals surface area contributed by atoms with Crippen LogP contribution in [0.15, 0.2) is 12.5 Å². The number of hydrogen-bond acceptors (Lipinski definition) is 8. The molecule has 0 bridgehead atoms. The molecule has 9 N–H and O–H groups in total. The third-order valence-corrected chi connectivity index (χ3v) is 4.53. The summed E-state index contributed by atoms with van der Waals surface area (Å²) in [7, 11) is 0. The van der Waals surface area contributed by atoms with E-state index in [1.54, 1.807) is 0 Å². The number of rotatable bonds is 13. The molecular formula is C19H32N6O7. The number of H-pyrrole nitrogens is 1. The Hall–Kier alpha value is -3.03. The summed E-state index contributed by atoms with van der Waals surface area (Å²) < 4.78 is 0. The lowest BCUT2D eigenvalue weighted by Gasteiger charge is -2.25. The molecule has 32 heavy (non-hydrogen) atoms. The van der Waals surface area contributed by atoms with Gasteiger partial charge in [-0.05, 0) is 19.3 Å². The van der Waals surface area contributed by atoms with Crippen molar-refractivity contribution in [3.63, 3.8) is 0 Å². The van der Waals surface area contributed by atoms with Gasteiger partial charge in [0, 0.05) is 18.3 Å². The van der Waals surface area contributed by atoms with Crippen molar-refractivity contribution in [1.29, 1.82) is 0 Å². The SMILES string of the molecule is CC(C)CC(NC(=O)C(N)Cc1cnc[nH]1)C(=O)NC(CO)C(=O)NC(C(=O)O)C(C)O. The van der Waals surface area contributed by atoms with Gasteiger partial charge >= 0.3 is 5.97 Å². The summed E-state index contributed by atoms with van der Waals surface area (Å²) in [4.78, 5) is 55.3. The highest BCUT2D eigenvalue weighted by Gasteiger charge is 2.31. The quantitative estimate of drug-likeness (QED) is 0.154. The first-order valence-electron chi connectivity index (χ1n) is 10.1. The van der Waals surface area contributed by atoms with Crippen LogP contribution in [0.1, 0.15) is 32.9 Å². The molecule has 1 heterocycles. The van der Waals surface area contributed by atoms with Crippen molar-refractivity contribution in [3.05, 3.63) is 18.2 Å². The number of aliphatic carboxylic acids is 1. The standard InChI is InChI=1S/C19H32N6O7/c1-9(2)4-13(23-16(28)12(20)5-11-6-21-8-22-11)17(29)24-14(7-26)18(30)25-15(10(3)27)19(31)32/h6,8-10,12-15,26-27H,4-5,7,20H2,1-3H3,(H,21,22)(H,23,28)(H,24,29)(H,25,30)(H,31,32). The van der Waals surface area contributed by atoms with E-state index in [1.165, 1.54) is 19.4 Å². The Balaban J connectivity index is 2.82. The number of aliphatic hydroxyl groups is 2. The third-order valence-electron chi connectivity index (χ3n) is 4.53. The predicted octanol–water partition coefficient (Wildman–Crippen LogP) is -2.76. The van der Waals surface area contributed by atoms with Crippen LogP contribution in [-0.2, 0) is 25.6 Å². The lowest BCUT2D eigenvalue weighted by atomic mass is 10.0. The fourth-order valence-corrected chi connectivity index (χ4v) is 2.82. The molecule has 0 spiro atoms. The van der Waals surface area contributed by atoms with Crippen LogP contribution in [0.4, 0.5) is 0 Å². The fourth-order valence-electron chi connectivity index (χ4n) is 2.82. The predicted molar refractivity (Wildman–Crippen MR) is 112 cm³/mol. The second-order valence-corrected chi connectivity index (χ2v) is 7.89. The van der Waals surface area contributed by atoms with E-state index in [1.807, 2.05) is 13.8 Å². The molecule has 1 aromatic rings. The van der Waals surface area contributed by atoms with E-state index in [-0.39, 0.29) is 18.8 Å². The van der Waals surface area contributed by atoms with Crippen molar-refractivity contribution < 1.29 is 34.5 Å². The van der Waals surface area contributed by atoms with E-state index in [9.17, 15) is 29.4 Å². The van der Waals surface area contributed by atoms with Crippen LogP contribution >= 0.6 is 0 Å². The summed E-state index contributed by atoms with van der Waals surface area (Å²) in [6.45, 7) is 4.00. The second-order valence-electron chi connectivity index (χ2n) is 7.89. The molecule has 180 valence electrons. The van der Waals surface area contributed by atoms with Gasteiger partial charge in [-0.25, -0.2) is 9.78 Å². The Morgan fingerprint density at radius 3 is 2.12 bits per heavy atom. The number of hydrogen-bond donors (Lipinski definition) is 8. The molecule has 0 saturated heterocycles. The lowest BCUT2D eigenvalue weighted by Crippen LogP contribution is -2.59. The number of nitrogens with one attached hydrogen (secondary N) is 4. The molecule has 3 amide bonds. The Labute approximate surface area is 185 Å². The van der Waals surface area contributed by atoms with E-state index in [4.69, 9.17) is 10.8 Å². The van der Waals surface area contributed by atoms with Gasteiger partial charge in [-0.1, -0.05) is 13.8 Å². The molecule has 0 saturated carbocycles. The van der Waals surface area contributed by atoms with Crippen molar-refractivity contribution in [2.24, 2.45) is 11.7 Å². The summed E-state index contributed by atoms with van der Waals surface area (Å²) in [6, 6.07) is -5.13. The van der Waals surface area contributed by atoms with Crippen LogP contribution in [0.3, 0.4) is 0 Å². The fraction of sp³-hybridized carbons (Fsp3) is 0.632. The molecule has 5 atom stereocenters. The van der Waals surface area contributed by atoms with E-state index in [0.717, 1.165) is 0 Å². The van der Waals surface area contributed by atoms with Crippen LogP contribution in [0.5, 0.6) is 0 Å². The highest BCUT2D eigenvalue weighted by Crippen LogP contribution is 2.07.